The Kier molecular flexibility index (Phi) is 10.3. The van der Waals surface area contributed by atoms with E-state index in [-0.39, 0.29) is 30.1 Å². The van der Waals surface area contributed by atoms with Gasteiger partial charge in [-0.05, 0) is 6.92 Å². The molecule has 0 aromatic rings. The Hall–Kier alpha value is -0.520. The van der Waals surface area contributed by atoms with Crippen LogP contribution < -0.4 is 10.6 Å². The normalized spacial score (nSPS) is 20.0. The highest BCUT2D eigenvalue weighted by Gasteiger charge is 2.13. The van der Waals surface area contributed by atoms with E-state index >= 15 is 0 Å². The molecule has 1 rings (SSSR count). The zero-order valence-corrected chi connectivity index (χ0v) is 12.4. The van der Waals surface area contributed by atoms with Gasteiger partial charge in [0.15, 0.2) is 5.96 Å². The smallest absolute Gasteiger partial charge is 0.192 e. The molecule has 17 heavy (non-hydrogen) atoms. The van der Waals surface area contributed by atoms with Crippen molar-refractivity contribution < 1.29 is 9.47 Å². The van der Waals surface area contributed by atoms with Crippen molar-refractivity contribution in [2.75, 3.05) is 39.5 Å². The summed E-state index contributed by atoms with van der Waals surface area (Å²) in [4.78, 5) is 4.37. The standard InChI is InChI=1S/C11H19N3O2.HI/c1-3-5-13-11(12-4-2)14-8-10-9-15-6-7-16-10;/h1,10H,4-9H2,2H3,(H2,12,13,14);1H. The summed E-state index contributed by atoms with van der Waals surface area (Å²) in [5, 5.41) is 6.12. The molecule has 2 N–H and O–H groups in total. The highest BCUT2D eigenvalue weighted by atomic mass is 127. The van der Waals surface area contributed by atoms with Gasteiger partial charge in [0.1, 0.15) is 6.10 Å². The molecule has 0 radical (unpaired) electrons. The Balaban J connectivity index is 0.00000256. The second-order valence-corrected chi connectivity index (χ2v) is 3.35. The van der Waals surface area contributed by atoms with Crippen molar-refractivity contribution in [2.24, 2.45) is 4.99 Å². The third-order valence-electron chi connectivity index (χ3n) is 2.04. The molecule has 6 heteroatoms. The molecule has 1 aliphatic heterocycles. The maximum atomic E-state index is 5.48. The maximum absolute atomic E-state index is 5.48. The molecular weight excluding hydrogens is 333 g/mol. The Morgan fingerprint density at radius 1 is 1.47 bits per heavy atom. The first-order valence-corrected chi connectivity index (χ1v) is 5.51. The van der Waals surface area contributed by atoms with E-state index in [4.69, 9.17) is 15.9 Å². The second-order valence-electron chi connectivity index (χ2n) is 3.35. The van der Waals surface area contributed by atoms with Crippen LogP contribution in [0.5, 0.6) is 0 Å². The molecule has 1 saturated heterocycles. The number of nitrogens with zero attached hydrogens (tertiary/aromatic N) is 1. The molecular formula is C11H20IN3O2. The fourth-order valence-electron chi connectivity index (χ4n) is 1.31. The molecule has 1 fully saturated rings. The topological polar surface area (TPSA) is 54.9 Å². The van der Waals surface area contributed by atoms with E-state index in [0.717, 1.165) is 12.5 Å². The fraction of sp³-hybridized carbons (Fsp3) is 0.727. The summed E-state index contributed by atoms with van der Waals surface area (Å²) in [6, 6.07) is 0. The van der Waals surface area contributed by atoms with Crippen LogP contribution in [0.15, 0.2) is 4.99 Å². The van der Waals surface area contributed by atoms with Gasteiger partial charge in [0.25, 0.3) is 0 Å². The molecule has 1 atom stereocenters. The number of rotatable bonds is 4. The predicted molar refractivity (Wildman–Crippen MR) is 78.8 cm³/mol. The van der Waals surface area contributed by atoms with Gasteiger partial charge in [-0.15, -0.1) is 30.4 Å². The van der Waals surface area contributed by atoms with Gasteiger partial charge in [-0.2, -0.15) is 0 Å². The number of nitrogens with one attached hydrogen (secondary N) is 2. The molecule has 5 nitrogen and oxygen atoms in total. The number of ether oxygens (including phenoxy) is 2. The largest absolute Gasteiger partial charge is 0.376 e. The van der Waals surface area contributed by atoms with Crippen LogP contribution in [-0.2, 0) is 9.47 Å². The van der Waals surface area contributed by atoms with Gasteiger partial charge < -0.3 is 20.1 Å². The monoisotopic (exact) mass is 353 g/mol. The number of terminal acetylenes is 1. The molecule has 1 aliphatic rings. The van der Waals surface area contributed by atoms with E-state index in [9.17, 15) is 0 Å². The molecule has 0 aliphatic carbocycles. The quantitative estimate of drug-likeness (QED) is 0.328. The van der Waals surface area contributed by atoms with E-state index in [1.165, 1.54) is 0 Å². The molecule has 0 saturated carbocycles. The predicted octanol–water partition coefficient (Wildman–Crippen LogP) is 0.208. The van der Waals surface area contributed by atoms with E-state index < -0.39 is 0 Å². The van der Waals surface area contributed by atoms with Crippen LogP contribution in [0.3, 0.4) is 0 Å². The summed E-state index contributed by atoms with van der Waals surface area (Å²) in [7, 11) is 0. The summed E-state index contributed by atoms with van der Waals surface area (Å²) < 4.78 is 10.8. The number of hydrogen-bond acceptors (Lipinski definition) is 3. The van der Waals surface area contributed by atoms with Crippen LogP contribution in [0.1, 0.15) is 6.92 Å². The van der Waals surface area contributed by atoms with Gasteiger partial charge in [0.2, 0.25) is 0 Å². The summed E-state index contributed by atoms with van der Waals surface area (Å²) >= 11 is 0. The highest BCUT2D eigenvalue weighted by molar-refractivity contribution is 14.0. The number of guanidine groups is 1. The van der Waals surface area contributed by atoms with Crippen LogP contribution >= 0.6 is 24.0 Å². The Morgan fingerprint density at radius 2 is 2.29 bits per heavy atom. The molecule has 1 heterocycles. The lowest BCUT2D eigenvalue weighted by Crippen LogP contribution is -2.39. The molecule has 1 unspecified atom stereocenters. The Bertz CT molecular complexity index is 260. The van der Waals surface area contributed by atoms with Crippen molar-refractivity contribution in [1.82, 2.24) is 10.6 Å². The average Bonchev–Trinajstić information content (AvgIpc) is 2.34. The molecule has 0 spiro atoms. The summed E-state index contributed by atoms with van der Waals surface area (Å²) in [5.41, 5.74) is 0. The lowest BCUT2D eigenvalue weighted by Gasteiger charge is -2.21. The zero-order valence-electron chi connectivity index (χ0n) is 10.1. The zero-order chi connectivity index (χ0) is 11.6. The van der Waals surface area contributed by atoms with E-state index in [1.807, 2.05) is 6.92 Å². The molecule has 0 amide bonds. The first-order valence-electron chi connectivity index (χ1n) is 5.51. The van der Waals surface area contributed by atoms with Gasteiger partial charge in [-0.3, -0.25) is 4.99 Å². The lowest BCUT2D eigenvalue weighted by atomic mass is 10.3. The third-order valence-corrected chi connectivity index (χ3v) is 2.04. The number of aliphatic imine (C=N–C) groups is 1. The number of hydrogen-bond donors (Lipinski definition) is 2. The van der Waals surface area contributed by atoms with Crippen molar-refractivity contribution in [2.45, 2.75) is 13.0 Å². The lowest BCUT2D eigenvalue weighted by molar-refractivity contribution is -0.0832. The maximum Gasteiger partial charge on any atom is 0.192 e. The fourth-order valence-corrected chi connectivity index (χ4v) is 1.31. The van der Waals surface area contributed by atoms with E-state index in [1.54, 1.807) is 0 Å². The minimum Gasteiger partial charge on any atom is -0.376 e. The number of halogens is 1. The van der Waals surface area contributed by atoms with E-state index in [2.05, 4.69) is 21.5 Å². The summed E-state index contributed by atoms with van der Waals surface area (Å²) in [6.45, 7) is 5.79. The van der Waals surface area contributed by atoms with Crippen LogP contribution in [0.2, 0.25) is 0 Å². The average molecular weight is 353 g/mol. The van der Waals surface area contributed by atoms with Gasteiger partial charge in [0.05, 0.1) is 32.9 Å². The summed E-state index contributed by atoms with van der Waals surface area (Å²) in [6.07, 6.45) is 5.22. The molecule has 0 aromatic carbocycles. The summed E-state index contributed by atoms with van der Waals surface area (Å²) in [5.74, 6) is 3.22. The van der Waals surface area contributed by atoms with Gasteiger partial charge >= 0.3 is 0 Å². The second kappa shape index (κ2) is 10.6. The van der Waals surface area contributed by atoms with Crippen LogP contribution in [0, 0.1) is 12.3 Å². The van der Waals surface area contributed by atoms with E-state index in [0.29, 0.717) is 32.9 Å². The van der Waals surface area contributed by atoms with Crippen LogP contribution in [0.25, 0.3) is 0 Å². The molecule has 0 bridgehead atoms. The molecule has 0 aromatic heterocycles. The SMILES string of the molecule is C#CCNC(=NCC1COCCO1)NCC.I. The van der Waals surface area contributed by atoms with Crippen molar-refractivity contribution in [3.8, 4) is 12.3 Å². The first kappa shape index (κ1) is 16.5. The minimum absolute atomic E-state index is 0. The van der Waals surface area contributed by atoms with Crippen molar-refractivity contribution in [1.29, 1.82) is 0 Å². The highest BCUT2D eigenvalue weighted by Crippen LogP contribution is 2.00. The Morgan fingerprint density at radius 3 is 2.88 bits per heavy atom. The van der Waals surface area contributed by atoms with Crippen molar-refractivity contribution in [3.63, 3.8) is 0 Å². The van der Waals surface area contributed by atoms with Crippen molar-refractivity contribution >= 4 is 29.9 Å². The first-order chi connectivity index (χ1) is 7.86. The van der Waals surface area contributed by atoms with Gasteiger partial charge in [-0.1, -0.05) is 5.92 Å². The van der Waals surface area contributed by atoms with Gasteiger partial charge in [-0.25, -0.2) is 0 Å². The third kappa shape index (κ3) is 7.41. The molecule has 98 valence electrons. The van der Waals surface area contributed by atoms with Crippen molar-refractivity contribution in [3.05, 3.63) is 0 Å². The van der Waals surface area contributed by atoms with Crippen LogP contribution in [-0.4, -0.2) is 51.5 Å². The van der Waals surface area contributed by atoms with Crippen LogP contribution in [0.4, 0.5) is 0 Å². The Labute approximate surface area is 120 Å². The van der Waals surface area contributed by atoms with Gasteiger partial charge in [0, 0.05) is 6.54 Å². The minimum atomic E-state index is 0.